The fourth-order valence-electron chi connectivity index (χ4n) is 2.56. The second-order valence-corrected chi connectivity index (χ2v) is 5.88. The molecule has 0 fully saturated rings. The summed E-state index contributed by atoms with van der Waals surface area (Å²) in [6, 6.07) is 12.2. The Kier molecular flexibility index (Phi) is 7.23. The van der Waals surface area contributed by atoms with E-state index in [1.807, 2.05) is 6.92 Å². The minimum Gasteiger partial charge on any atom is -0.497 e. The van der Waals surface area contributed by atoms with Gasteiger partial charge in [0.05, 0.1) is 19.3 Å². The van der Waals surface area contributed by atoms with E-state index in [1.54, 1.807) is 63.4 Å². The van der Waals surface area contributed by atoms with Crippen molar-refractivity contribution >= 4 is 17.6 Å². The minimum absolute atomic E-state index is 0.280. The molecule has 0 bridgehead atoms. The maximum absolute atomic E-state index is 12.7. The van der Waals surface area contributed by atoms with Crippen molar-refractivity contribution in [1.29, 1.82) is 0 Å². The standard InChI is InChI=1S/C21H25NO5/c1-5-19(27-16-12-10-15(25-4)11-13-16)20(23)22-18-9-7-8-17(14(18)3)21(24)26-6-2/h7-13,19H,5-6H2,1-4H3,(H,22,23). The Morgan fingerprint density at radius 1 is 1.04 bits per heavy atom. The van der Waals surface area contributed by atoms with Gasteiger partial charge < -0.3 is 19.5 Å². The van der Waals surface area contributed by atoms with Crippen LogP contribution in [0, 0.1) is 6.92 Å². The number of ether oxygens (including phenoxy) is 3. The van der Waals surface area contributed by atoms with Crippen LogP contribution in [0.3, 0.4) is 0 Å². The van der Waals surface area contributed by atoms with Crippen molar-refractivity contribution in [2.45, 2.75) is 33.3 Å². The van der Waals surface area contributed by atoms with Crippen molar-refractivity contribution in [3.05, 3.63) is 53.6 Å². The van der Waals surface area contributed by atoms with Gasteiger partial charge in [-0.05, 0) is 62.2 Å². The number of anilines is 1. The van der Waals surface area contributed by atoms with Crippen LogP contribution in [0.4, 0.5) is 5.69 Å². The summed E-state index contributed by atoms with van der Waals surface area (Å²) in [6.45, 7) is 5.69. The van der Waals surface area contributed by atoms with Crippen LogP contribution in [0.2, 0.25) is 0 Å². The summed E-state index contributed by atoms with van der Waals surface area (Å²) >= 11 is 0. The molecule has 1 atom stereocenters. The second-order valence-electron chi connectivity index (χ2n) is 5.88. The minimum atomic E-state index is -0.663. The van der Waals surface area contributed by atoms with E-state index < -0.39 is 12.1 Å². The highest BCUT2D eigenvalue weighted by molar-refractivity contribution is 5.98. The normalized spacial score (nSPS) is 11.4. The molecule has 2 aromatic rings. The zero-order valence-corrected chi connectivity index (χ0v) is 16.1. The van der Waals surface area contributed by atoms with Crippen LogP contribution < -0.4 is 14.8 Å². The summed E-state index contributed by atoms with van der Waals surface area (Å²) in [6.07, 6.45) is -0.168. The third-order valence-corrected chi connectivity index (χ3v) is 4.09. The van der Waals surface area contributed by atoms with Gasteiger partial charge in [0, 0.05) is 5.69 Å². The van der Waals surface area contributed by atoms with E-state index in [0.717, 1.165) is 0 Å². The molecule has 1 amide bonds. The van der Waals surface area contributed by atoms with E-state index in [2.05, 4.69) is 5.32 Å². The molecule has 6 heteroatoms. The lowest BCUT2D eigenvalue weighted by atomic mass is 10.1. The van der Waals surface area contributed by atoms with E-state index in [1.165, 1.54) is 0 Å². The molecule has 0 saturated heterocycles. The summed E-state index contributed by atoms with van der Waals surface area (Å²) in [5.74, 6) is 0.603. The highest BCUT2D eigenvalue weighted by atomic mass is 16.5. The Balaban J connectivity index is 2.11. The van der Waals surface area contributed by atoms with Crippen LogP contribution in [0.15, 0.2) is 42.5 Å². The number of methoxy groups -OCH3 is 1. The number of amides is 1. The summed E-state index contributed by atoms with van der Waals surface area (Å²) in [5, 5.41) is 2.84. The maximum atomic E-state index is 12.7. The Labute approximate surface area is 159 Å². The van der Waals surface area contributed by atoms with Crippen molar-refractivity contribution in [3.63, 3.8) is 0 Å². The Bertz CT molecular complexity index is 786. The molecule has 0 aromatic heterocycles. The molecule has 1 N–H and O–H groups in total. The van der Waals surface area contributed by atoms with E-state index in [0.29, 0.717) is 41.3 Å². The molecule has 27 heavy (non-hydrogen) atoms. The third-order valence-electron chi connectivity index (χ3n) is 4.09. The number of carbonyl (C=O) groups is 2. The van der Waals surface area contributed by atoms with Crippen molar-refractivity contribution in [2.75, 3.05) is 19.0 Å². The fourth-order valence-corrected chi connectivity index (χ4v) is 2.56. The number of carbonyl (C=O) groups excluding carboxylic acids is 2. The third kappa shape index (κ3) is 5.23. The molecule has 1 unspecified atom stereocenters. The first-order chi connectivity index (χ1) is 13.0. The number of hydrogen-bond acceptors (Lipinski definition) is 5. The number of hydrogen-bond donors (Lipinski definition) is 1. The smallest absolute Gasteiger partial charge is 0.338 e. The summed E-state index contributed by atoms with van der Waals surface area (Å²) in [7, 11) is 1.59. The Morgan fingerprint density at radius 2 is 1.70 bits per heavy atom. The molecule has 0 saturated carbocycles. The molecular weight excluding hydrogens is 346 g/mol. The molecule has 0 spiro atoms. The Hall–Kier alpha value is -3.02. The molecule has 2 aromatic carbocycles. The van der Waals surface area contributed by atoms with Gasteiger partial charge in [0.1, 0.15) is 11.5 Å². The average Bonchev–Trinajstić information content (AvgIpc) is 2.68. The lowest BCUT2D eigenvalue weighted by Crippen LogP contribution is -2.32. The number of benzene rings is 2. The van der Waals surface area contributed by atoms with Crippen LogP contribution >= 0.6 is 0 Å². The first-order valence-corrected chi connectivity index (χ1v) is 8.88. The molecule has 6 nitrogen and oxygen atoms in total. The van der Waals surface area contributed by atoms with Gasteiger partial charge in [0.2, 0.25) is 0 Å². The molecule has 144 valence electrons. The van der Waals surface area contributed by atoms with Crippen molar-refractivity contribution in [2.24, 2.45) is 0 Å². The largest absolute Gasteiger partial charge is 0.497 e. The van der Waals surface area contributed by atoms with Gasteiger partial charge >= 0.3 is 5.97 Å². The van der Waals surface area contributed by atoms with E-state index in [4.69, 9.17) is 14.2 Å². The maximum Gasteiger partial charge on any atom is 0.338 e. The lowest BCUT2D eigenvalue weighted by Gasteiger charge is -2.19. The van der Waals surface area contributed by atoms with Crippen LogP contribution in [-0.2, 0) is 9.53 Å². The van der Waals surface area contributed by atoms with Crippen LogP contribution in [0.5, 0.6) is 11.5 Å². The number of rotatable bonds is 8. The SMILES string of the molecule is CCOC(=O)c1cccc(NC(=O)C(CC)Oc2ccc(OC)cc2)c1C. The highest BCUT2D eigenvalue weighted by Gasteiger charge is 2.21. The molecule has 0 aliphatic carbocycles. The lowest BCUT2D eigenvalue weighted by molar-refractivity contribution is -0.122. The highest BCUT2D eigenvalue weighted by Crippen LogP contribution is 2.22. The zero-order chi connectivity index (χ0) is 19.8. The number of nitrogens with one attached hydrogen (secondary N) is 1. The number of esters is 1. The first-order valence-electron chi connectivity index (χ1n) is 8.88. The molecule has 0 radical (unpaired) electrons. The molecule has 0 heterocycles. The van der Waals surface area contributed by atoms with Crippen molar-refractivity contribution < 1.29 is 23.8 Å². The van der Waals surface area contributed by atoms with Crippen molar-refractivity contribution in [3.8, 4) is 11.5 Å². The monoisotopic (exact) mass is 371 g/mol. The predicted octanol–water partition coefficient (Wildman–Crippen LogP) is 3.98. The zero-order valence-electron chi connectivity index (χ0n) is 16.1. The van der Waals surface area contributed by atoms with Crippen LogP contribution in [0.1, 0.15) is 36.2 Å². The van der Waals surface area contributed by atoms with Gasteiger partial charge in [-0.2, -0.15) is 0 Å². The van der Waals surface area contributed by atoms with Gasteiger partial charge in [-0.25, -0.2) is 4.79 Å². The predicted molar refractivity (Wildman–Crippen MR) is 103 cm³/mol. The van der Waals surface area contributed by atoms with Gasteiger partial charge in [-0.15, -0.1) is 0 Å². The van der Waals surface area contributed by atoms with E-state index >= 15 is 0 Å². The van der Waals surface area contributed by atoms with Gasteiger partial charge in [-0.1, -0.05) is 13.0 Å². The molecule has 0 aliphatic rings. The Morgan fingerprint density at radius 3 is 2.30 bits per heavy atom. The van der Waals surface area contributed by atoms with Gasteiger partial charge in [0.25, 0.3) is 5.91 Å². The summed E-state index contributed by atoms with van der Waals surface area (Å²) < 4.78 is 16.0. The second kappa shape index (κ2) is 9.62. The fraction of sp³-hybridized carbons (Fsp3) is 0.333. The molecule has 0 aliphatic heterocycles. The van der Waals surface area contributed by atoms with E-state index in [-0.39, 0.29) is 5.91 Å². The topological polar surface area (TPSA) is 73.9 Å². The summed E-state index contributed by atoms with van der Waals surface area (Å²) in [5.41, 5.74) is 1.64. The van der Waals surface area contributed by atoms with Gasteiger partial charge in [0.15, 0.2) is 6.10 Å². The van der Waals surface area contributed by atoms with Crippen molar-refractivity contribution in [1.82, 2.24) is 0 Å². The molecule has 2 rings (SSSR count). The average molecular weight is 371 g/mol. The van der Waals surface area contributed by atoms with Crippen LogP contribution in [0.25, 0.3) is 0 Å². The first kappa shape index (κ1) is 20.3. The van der Waals surface area contributed by atoms with E-state index in [9.17, 15) is 9.59 Å². The van der Waals surface area contributed by atoms with Gasteiger partial charge in [-0.3, -0.25) is 4.79 Å². The van der Waals surface area contributed by atoms with Crippen LogP contribution in [-0.4, -0.2) is 31.7 Å². The summed E-state index contributed by atoms with van der Waals surface area (Å²) in [4.78, 5) is 24.7. The molecular formula is C21H25NO5. The quantitative estimate of drug-likeness (QED) is 0.711.